The van der Waals surface area contributed by atoms with E-state index < -0.39 is 0 Å². The number of nitrogens with zero attached hydrogens (tertiary/aromatic N) is 2. The third kappa shape index (κ3) is 1.70. The lowest BCUT2D eigenvalue weighted by Gasteiger charge is -2.11. The average Bonchev–Trinajstić information content (AvgIpc) is 2.65. The lowest BCUT2D eigenvalue weighted by atomic mass is 10.0. The number of hydrogen-bond donors (Lipinski definition) is 1. The van der Waals surface area contributed by atoms with Gasteiger partial charge >= 0.3 is 0 Å². The quantitative estimate of drug-likeness (QED) is 0.890. The molecule has 0 amide bonds. The molecular formula is C12H16ClN3. The van der Waals surface area contributed by atoms with Gasteiger partial charge in [-0.25, -0.2) is 0 Å². The Morgan fingerprint density at radius 1 is 1.50 bits per heavy atom. The van der Waals surface area contributed by atoms with E-state index in [1.165, 1.54) is 5.56 Å². The second-order valence-corrected chi connectivity index (χ2v) is 4.22. The minimum absolute atomic E-state index is 0.274. The molecule has 2 rings (SSSR count). The molecule has 4 heteroatoms. The summed E-state index contributed by atoms with van der Waals surface area (Å²) in [5.74, 6) is 0. The predicted molar refractivity (Wildman–Crippen MR) is 67.9 cm³/mol. The van der Waals surface area contributed by atoms with E-state index in [1.807, 2.05) is 30.8 Å². The normalized spacial score (nSPS) is 13.2. The maximum absolute atomic E-state index is 6.34. The second kappa shape index (κ2) is 4.44. The van der Waals surface area contributed by atoms with Crippen molar-refractivity contribution in [2.24, 2.45) is 0 Å². The number of benzene rings is 1. The van der Waals surface area contributed by atoms with E-state index in [1.54, 1.807) is 0 Å². The summed E-state index contributed by atoms with van der Waals surface area (Å²) >= 11 is 6.34. The molecule has 3 nitrogen and oxygen atoms in total. The van der Waals surface area contributed by atoms with Crippen molar-refractivity contribution in [2.75, 3.05) is 7.05 Å². The number of rotatable bonds is 3. The van der Waals surface area contributed by atoms with Crippen molar-refractivity contribution in [2.45, 2.75) is 26.4 Å². The first-order valence-corrected chi connectivity index (χ1v) is 5.89. The number of halogens is 1. The lowest BCUT2D eigenvalue weighted by Crippen LogP contribution is -2.12. The number of aromatic nitrogens is 2. The molecule has 0 aliphatic rings. The zero-order valence-electron chi connectivity index (χ0n) is 9.79. The van der Waals surface area contributed by atoms with Gasteiger partial charge in [0.15, 0.2) is 0 Å². The molecule has 0 aliphatic carbocycles. The third-order valence-electron chi connectivity index (χ3n) is 2.94. The monoisotopic (exact) mass is 237 g/mol. The van der Waals surface area contributed by atoms with E-state index in [0.29, 0.717) is 0 Å². The molecule has 1 N–H and O–H groups in total. The van der Waals surface area contributed by atoms with E-state index in [2.05, 4.69) is 23.4 Å². The van der Waals surface area contributed by atoms with Crippen molar-refractivity contribution >= 4 is 22.5 Å². The van der Waals surface area contributed by atoms with Gasteiger partial charge in [0.25, 0.3) is 0 Å². The third-order valence-corrected chi connectivity index (χ3v) is 3.32. The first kappa shape index (κ1) is 11.4. The minimum Gasteiger partial charge on any atom is -0.313 e. The maximum Gasteiger partial charge on any atom is 0.135 e. The minimum atomic E-state index is 0.274. The van der Waals surface area contributed by atoms with Gasteiger partial charge in [-0.3, -0.25) is 4.68 Å². The molecule has 0 saturated carbocycles. The predicted octanol–water partition coefficient (Wildman–Crippen LogP) is 2.99. The first-order valence-electron chi connectivity index (χ1n) is 5.51. The van der Waals surface area contributed by atoms with Crippen molar-refractivity contribution in [1.29, 1.82) is 0 Å². The van der Waals surface area contributed by atoms with Crippen molar-refractivity contribution in [3.63, 3.8) is 0 Å². The van der Waals surface area contributed by atoms with Gasteiger partial charge in [-0.1, -0.05) is 23.7 Å². The van der Waals surface area contributed by atoms with Crippen molar-refractivity contribution in [1.82, 2.24) is 15.1 Å². The summed E-state index contributed by atoms with van der Waals surface area (Å²) < 4.78 is 1.83. The largest absolute Gasteiger partial charge is 0.313 e. The van der Waals surface area contributed by atoms with Crippen LogP contribution in [0.1, 0.15) is 25.5 Å². The summed E-state index contributed by atoms with van der Waals surface area (Å²) in [6.07, 6.45) is 0. The molecule has 0 fully saturated rings. The molecule has 0 bridgehead atoms. The molecule has 1 unspecified atom stereocenters. The number of aryl methyl sites for hydroxylation is 1. The summed E-state index contributed by atoms with van der Waals surface area (Å²) in [7, 11) is 1.95. The molecule has 0 aliphatic heterocycles. The van der Waals surface area contributed by atoms with Gasteiger partial charge in [0.2, 0.25) is 0 Å². The fourth-order valence-corrected chi connectivity index (χ4v) is 2.26. The SMILES string of the molecule is CCn1nc2cccc(C(C)NC)c2c1Cl. The smallest absolute Gasteiger partial charge is 0.135 e. The average molecular weight is 238 g/mol. The summed E-state index contributed by atoms with van der Waals surface area (Å²) in [5.41, 5.74) is 2.16. The van der Waals surface area contributed by atoms with Crippen LogP contribution in [0.5, 0.6) is 0 Å². The van der Waals surface area contributed by atoms with Crippen LogP contribution < -0.4 is 5.32 Å². The second-order valence-electron chi connectivity index (χ2n) is 3.86. The van der Waals surface area contributed by atoms with E-state index in [0.717, 1.165) is 22.6 Å². The van der Waals surface area contributed by atoms with Crippen LogP contribution in [0.2, 0.25) is 5.15 Å². The highest BCUT2D eigenvalue weighted by Crippen LogP contribution is 2.30. The standard InChI is InChI=1S/C12H16ClN3/c1-4-16-12(13)11-9(8(2)14-3)6-5-7-10(11)15-16/h5-8,14H,4H2,1-3H3. The molecule has 16 heavy (non-hydrogen) atoms. The van der Waals surface area contributed by atoms with Crippen LogP contribution in [0.3, 0.4) is 0 Å². The van der Waals surface area contributed by atoms with Gasteiger partial charge in [-0.2, -0.15) is 5.10 Å². The summed E-state index contributed by atoms with van der Waals surface area (Å²) in [4.78, 5) is 0. The summed E-state index contributed by atoms with van der Waals surface area (Å²) in [6, 6.07) is 6.39. The van der Waals surface area contributed by atoms with E-state index in [9.17, 15) is 0 Å². The molecule has 0 spiro atoms. The van der Waals surface area contributed by atoms with Crippen LogP contribution in [0.4, 0.5) is 0 Å². The lowest BCUT2D eigenvalue weighted by molar-refractivity contribution is 0.655. The Labute approximate surface area is 100 Å². The Morgan fingerprint density at radius 2 is 2.25 bits per heavy atom. The molecular weight excluding hydrogens is 222 g/mol. The first-order chi connectivity index (χ1) is 7.69. The van der Waals surface area contributed by atoms with Crippen LogP contribution in [0.25, 0.3) is 10.9 Å². The van der Waals surface area contributed by atoms with Crippen LogP contribution in [0.15, 0.2) is 18.2 Å². The highest BCUT2D eigenvalue weighted by molar-refractivity contribution is 6.34. The van der Waals surface area contributed by atoms with Crippen molar-refractivity contribution in [3.05, 3.63) is 28.9 Å². The van der Waals surface area contributed by atoms with Crippen molar-refractivity contribution < 1.29 is 0 Å². The topological polar surface area (TPSA) is 29.9 Å². The summed E-state index contributed by atoms with van der Waals surface area (Å²) in [6.45, 7) is 4.95. The van der Waals surface area contributed by atoms with E-state index >= 15 is 0 Å². The zero-order chi connectivity index (χ0) is 11.7. The van der Waals surface area contributed by atoms with Gasteiger partial charge in [0, 0.05) is 18.0 Å². The number of hydrogen-bond acceptors (Lipinski definition) is 2. The molecule has 1 atom stereocenters. The Hall–Kier alpha value is -1.06. The Bertz CT molecular complexity index is 504. The molecule has 0 radical (unpaired) electrons. The van der Waals surface area contributed by atoms with Gasteiger partial charge in [0.05, 0.1) is 5.52 Å². The molecule has 86 valence electrons. The molecule has 1 heterocycles. The van der Waals surface area contributed by atoms with Crippen molar-refractivity contribution in [3.8, 4) is 0 Å². The summed E-state index contributed by atoms with van der Waals surface area (Å²) in [5, 5.41) is 9.49. The van der Waals surface area contributed by atoms with Gasteiger partial charge in [0.1, 0.15) is 5.15 Å². The van der Waals surface area contributed by atoms with Crippen LogP contribution >= 0.6 is 11.6 Å². The Balaban J connectivity index is 2.70. The van der Waals surface area contributed by atoms with Gasteiger partial charge in [-0.15, -0.1) is 0 Å². The van der Waals surface area contributed by atoms with Crippen LogP contribution in [-0.2, 0) is 6.54 Å². The molecule has 1 aromatic carbocycles. The van der Waals surface area contributed by atoms with Crippen LogP contribution in [0, 0.1) is 0 Å². The number of nitrogens with one attached hydrogen (secondary N) is 1. The Kier molecular flexibility index (Phi) is 3.17. The molecule has 1 aromatic heterocycles. The van der Waals surface area contributed by atoms with Crippen LogP contribution in [-0.4, -0.2) is 16.8 Å². The molecule has 0 saturated heterocycles. The highest BCUT2D eigenvalue weighted by Gasteiger charge is 2.14. The Morgan fingerprint density at radius 3 is 2.88 bits per heavy atom. The van der Waals surface area contributed by atoms with Gasteiger partial charge < -0.3 is 5.32 Å². The van der Waals surface area contributed by atoms with E-state index in [4.69, 9.17) is 11.6 Å². The highest BCUT2D eigenvalue weighted by atomic mass is 35.5. The molecule has 2 aromatic rings. The maximum atomic E-state index is 6.34. The fourth-order valence-electron chi connectivity index (χ4n) is 1.89. The number of fused-ring (bicyclic) bond motifs is 1. The zero-order valence-corrected chi connectivity index (χ0v) is 10.5. The van der Waals surface area contributed by atoms with E-state index in [-0.39, 0.29) is 6.04 Å². The fraction of sp³-hybridized carbons (Fsp3) is 0.417. The van der Waals surface area contributed by atoms with Gasteiger partial charge in [-0.05, 0) is 32.5 Å².